The Morgan fingerprint density at radius 2 is 1.65 bits per heavy atom. The Morgan fingerprint density at radius 1 is 1.00 bits per heavy atom. The molecule has 1 atom stereocenters. The molecule has 0 aliphatic rings. The lowest BCUT2D eigenvalue weighted by Gasteiger charge is -2.11. The van der Waals surface area contributed by atoms with Crippen molar-refractivity contribution in [2.45, 2.75) is 19.4 Å². The van der Waals surface area contributed by atoms with Crippen LogP contribution in [0.4, 0.5) is 13.2 Å². The number of halogens is 3. The van der Waals surface area contributed by atoms with E-state index in [2.05, 4.69) is 4.74 Å². The van der Waals surface area contributed by atoms with E-state index in [4.69, 9.17) is 0 Å². The van der Waals surface area contributed by atoms with Gasteiger partial charge in [0, 0.05) is 0 Å². The highest BCUT2D eigenvalue weighted by Crippen LogP contribution is 2.28. The van der Waals surface area contributed by atoms with Gasteiger partial charge in [0.05, 0.1) is 6.10 Å². The lowest BCUT2D eigenvalue weighted by molar-refractivity contribution is -0.274. The molecule has 0 aliphatic carbocycles. The maximum Gasteiger partial charge on any atom is 0.573 e. The Bertz CT molecular complexity index is 574. The molecule has 0 aromatic heterocycles. The molecule has 0 spiro atoms. The molecule has 2 aromatic rings. The zero-order chi connectivity index (χ0) is 14.8. The quantitative estimate of drug-likeness (QED) is 0.909. The molecule has 1 unspecified atom stereocenters. The molecule has 0 radical (unpaired) electrons. The molecule has 106 valence electrons. The van der Waals surface area contributed by atoms with Crippen molar-refractivity contribution in [1.29, 1.82) is 0 Å². The van der Waals surface area contributed by atoms with E-state index in [0.717, 1.165) is 11.1 Å². The van der Waals surface area contributed by atoms with Crippen molar-refractivity contribution in [2.24, 2.45) is 0 Å². The zero-order valence-electron chi connectivity index (χ0n) is 10.7. The van der Waals surface area contributed by atoms with Crippen molar-refractivity contribution in [3.63, 3.8) is 0 Å². The third-order valence-electron chi connectivity index (χ3n) is 2.79. The van der Waals surface area contributed by atoms with Gasteiger partial charge < -0.3 is 9.84 Å². The van der Waals surface area contributed by atoms with E-state index in [-0.39, 0.29) is 5.75 Å². The maximum absolute atomic E-state index is 12.2. The number of benzene rings is 2. The summed E-state index contributed by atoms with van der Waals surface area (Å²) in [6, 6.07) is 12.7. The first kappa shape index (κ1) is 14.4. The first-order chi connectivity index (χ1) is 9.35. The molecule has 1 N–H and O–H groups in total. The molecule has 5 heteroatoms. The van der Waals surface area contributed by atoms with Gasteiger partial charge >= 0.3 is 6.36 Å². The Kier molecular flexibility index (Phi) is 3.99. The number of hydrogen-bond donors (Lipinski definition) is 1. The van der Waals surface area contributed by atoms with Gasteiger partial charge in [-0.3, -0.25) is 0 Å². The first-order valence-corrected chi connectivity index (χ1v) is 5.99. The third-order valence-corrected chi connectivity index (χ3v) is 2.79. The topological polar surface area (TPSA) is 29.5 Å². The minimum atomic E-state index is -4.70. The largest absolute Gasteiger partial charge is 0.573 e. The molecule has 0 bridgehead atoms. The fourth-order valence-electron chi connectivity index (χ4n) is 1.83. The summed E-state index contributed by atoms with van der Waals surface area (Å²) < 4.78 is 40.4. The van der Waals surface area contributed by atoms with E-state index < -0.39 is 12.5 Å². The van der Waals surface area contributed by atoms with Gasteiger partial charge in [0.25, 0.3) is 0 Å². The average molecular weight is 282 g/mol. The van der Waals surface area contributed by atoms with Crippen LogP contribution in [0.1, 0.15) is 18.6 Å². The fourth-order valence-corrected chi connectivity index (χ4v) is 1.83. The van der Waals surface area contributed by atoms with E-state index in [9.17, 15) is 18.3 Å². The molecule has 0 heterocycles. The molecule has 0 saturated carbocycles. The van der Waals surface area contributed by atoms with Crippen molar-refractivity contribution in [3.05, 3.63) is 54.1 Å². The standard InChI is InChI=1S/C15H13F3O2/c1-10(19)11-5-7-12(8-6-11)13-3-2-4-14(9-13)20-15(16,17)18/h2-10,19H,1H3. The van der Waals surface area contributed by atoms with Gasteiger partial charge in [0.2, 0.25) is 0 Å². The van der Waals surface area contributed by atoms with E-state index in [1.165, 1.54) is 18.2 Å². The highest BCUT2D eigenvalue weighted by molar-refractivity contribution is 5.65. The summed E-state index contributed by atoms with van der Waals surface area (Å²) in [7, 11) is 0. The monoisotopic (exact) mass is 282 g/mol. The second-order valence-electron chi connectivity index (χ2n) is 4.37. The van der Waals surface area contributed by atoms with Crippen LogP contribution in [0.3, 0.4) is 0 Å². The minimum Gasteiger partial charge on any atom is -0.406 e. The summed E-state index contributed by atoms with van der Waals surface area (Å²) in [5.74, 6) is -0.255. The van der Waals surface area contributed by atoms with Gasteiger partial charge in [-0.15, -0.1) is 13.2 Å². The summed E-state index contributed by atoms with van der Waals surface area (Å²) in [6.45, 7) is 1.65. The summed E-state index contributed by atoms with van der Waals surface area (Å²) in [5, 5.41) is 9.41. The Balaban J connectivity index is 2.26. The van der Waals surface area contributed by atoms with Crippen molar-refractivity contribution in [2.75, 3.05) is 0 Å². The van der Waals surface area contributed by atoms with Crippen molar-refractivity contribution < 1.29 is 23.0 Å². The van der Waals surface area contributed by atoms with Crippen LogP contribution in [0.15, 0.2) is 48.5 Å². The van der Waals surface area contributed by atoms with E-state index >= 15 is 0 Å². The summed E-state index contributed by atoms with van der Waals surface area (Å²) in [5.41, 5.74) is 2.11. The Hall–Kier alpha value is -2.01. The number of aliphatic hydroxyl groups is 1. The second-order valence-corrected chi connectivity index (χ2v) is 4.37. The minimum absolute atomic E-state index is 0.255. The van der Waals surface area contributed by atoms with Gasteiger partial charge in [-0.05, 0) is 35.7 Å². The maximum atomic E-state index is 12.2. The molecule has 0 saturated heterocycles. The normalized spacial score (nSPS) is 13.1. The van der Waals surface area contributed by atoms with Gasteiger partial charge in [-0.25, -0.2) is 0 Å². The summed E-state index contributed by atoms with van der Waals surface area (Å²) >= 11 is 0. The molecular weight excluding hydrogens is 269 g/mol. The smallest absolute Gasteiger partial charge is 0.406 e. The molecule has 2 aromatic carbocycles. The van der Waals surface area contributed by atoms with Crippen molar-refractivity contribution in [3.8, 4) is 16.9 Å². The van der Waals surface area contributed by atoms with Gasteiger partial charge in [-0.2, -0.15) is 0 Å². The zero-order valence-corrected chi connectivity index (χ0v) is 10.7. The van der Waals surface area contributed by atoms with Crippen LogP contribution >= 0.6 is 0 Å². The van der Waals surface area contributed by atoms with Crippen LogP contribution in [0.5, 0.6) is 5.75 Å². The van der Waals surface area contributed by atoms with E-state index in [1.807, 2.05) is 0 Å². The molecule has 20 heavy (non-hydrogen) atoms. The highest BCUT2D eigenvalue weighted by Gasteiger charge is 2.31. The number of aliphatic hydroxyl groups excluding tert-OH is 1. The lowest BCUT2D eigenvalue weighted by Crippen LogP contribution is -2.17. The Morgan fingerprint density at radius 3 is 2.20 bits per heavy atom. The molecular formula is C15H13F3O2. The van der Waals surface area contributed by atoms with Crippen LogP contribution in [0, 0.1) is 0 Å². The molecule has 0 amide bonds. The number of alkyl halides is 3. The number of ether oxygens (including phenoxy) is 1. The van der Waals surface area contributed by atoms with Crippen LogP contribution < -0.4 is 4.74 Å². The van der Waals surface area contributed by atoms with Crippen molar-refractivity contribution >= 4 is 0 Å². The van der Waals surface area contributed by atoms with Gasteiger partial charge in [0.1, 0.15) is 5.75 Å². The lowest BCUT2D eigenvalue weighted by atomic mass is 10.0. The fraction of sp³-hybridized carbons (Fsp3) is 0.200. The third kappa shape index (κ3) is 3.74. The first-order valence-electron chi connectivity index (χ1n) is 5.99. The molecule has 2 nitrogen and oxygen atoms in total. The van der Waals surface area contributed by atoms with Crippen LogP contribution in [0.2, 0.25) is 0 Å². The summed E-state index contributed by atoms with van der Waals surface area (Å²) in [4.78, 5) is 0. The second kappa shape index (κ2) is 5.54. The Labute approximate surface area is 114 Å². The van der Waals surface area contributed by atoms with Crippen molar-refractivity contribution in [1.82, 2.24) is 0 Å². The van der Waals surface area contributed by atoms with Crippen LogP contribution in [0.25, 0.3) is 11.1 Å². The molecule has 0 aliphatic heterocycles. The van der Waals surface area contributed by atoms with E-state index in [0.29, 0.717) is 5.56 Å². The summed E-state index contributed by atoms with van der Waals surface area (Å²) in [6.07, 6.45) is -5.28. The van der Waals surface area contributed by atoms with E-state index in [1.54, 1.807) is 37.3 Å². The SMILES string of the molecule is CC(O)c1ccc(-c2cccc(OC(F)(F)F)c2)cc1. The van der Waals surface area contributed by atoms with Gasteiger partial charge in [0.15, 0.2) is 0 Å². The van der Waals surface area contributed by atoms with Gasteiger partial charge in [-0.1, -0.05) is 36.4 Å². The predicted octanol–water partition coefficient (Wildman–Crippen LogP) is 4.31. The average Bonchev–Trinajstić information content (AvgIpc) is 2.37. The van der Waals surface area contributed by atoms with Crippen LogP contribution in [-0.2, 0) is 0 Å². The predicted molar refractivity (Wildman–Crippen MR) is 69.2 cm³/mol. The van der Waals surface area contributed by atoms with Crippen LogP contribution in [-0.4, -0.2) is 11.5 Å². The molecule has 2 rings (SSSR count). The highest BCUT2D eigenvalue weighted by atomic mass is 19.4. The molecule has 0 fully saturated rings. The number of hydrogen-bond acceptors (Lipinski definition) is 2. The number of rotatable bonds is 3.